The standard InChI is InChI=1S/C19H25F2NO2/c1-23-18-7-11(5-6-17(18)24-19(20)21)10-22-16-9-12-8-15(16)14-4-2-3-13(12)14/h5-7,12-16,19,22H,2-4,8-10H2,1H3/t12-,13+,14-,15+,16-/m1/s1. The summed E-state index contributed by atoms with van der Waals surface area (Å²) in [7, 11) is 1.47. The Kier molecular flexibility index (Phi) is 4.37. The second kappa shape index (κ2) is 6.51. The minimum atomic E-state index is -2.84. The molecule has 5 heteroatoms. The topological polar surface area (TPSA) is 30.5 Å². The molecule has 4 rings (SSSR count). The van der Waals surface area contributed by atoms with Crippen molar-refractivity contribution >= 4 is 0 Å². The number of rotatable bonds is 6. The van der Waals surface area contributed by atoms with Crippen molar-refractivity contribution in [3.05, 3.63) is 23.8 Å². The van der Waals surface area contributed by atoms with Gasteiger partial charge in [-0.3, -0.25) is 0 Å². The molecule has 3 saturated carbocycles. The molecule has 2 bridgehead atoms. The summed E-state index contributed by atoms with van der Waals surface area (Å²) in [6.45, 7) is -2.09. The number of ether oxygens (including phenoxy) is 2. The van der Waals surface area contributed by atoms with Gasteiger partial charge in [0, 0.05) is 12.6 Å². The van der Waals surface area contributed by atoms with Crippen LogP contribution in [0.3, 0.4) is 0 Å². The summed E-state index contributed by atoms with van der Waals surface area (Å²) in [5.41, 5.74) is 1.04. The summed E-state index contributed by atoms with van der Waals surface area (Å²) in [6, 6.07) is 5.79. The molecule has 1 aromatic rings. The SMILES string of the molecule is COc1cc(CN[C@@H]2C[C@H]3C[C@H]2[C@@H]2CCC[C@@H]32)ccc1OC(F)F. The molecule has 0 spiro atoms. The number of hydrogen-bond acceptors (Lipinski definition) is 3. The Morgan fingerprint density at radius 1 is 1.12 bits per heavy atom. The van der Waals surface area contributed by atoms with Gasteiger partial charge in [-0.25, -0.2) is 0 Å². The molecule has 0 heterocycles. The highest BCUT2D eigenvalue weighted by atomic mass is 19.3. The Hall–Kier alpha value is -1.36. The number of alkyl halides is 2. The highest BCUT2D eigenvalue weighted by molar-refractivity contribution is 5.43. The number of hydrogen-bond donors (Lipinski definition) is 1. The molecule has 0 aliphatic heterocycles. The van der Waals surface area contributed by atoms with Crippen LogP contribution in [0.1, 0.15) is 37.7 Å². The summed E-state index contributed by atoms with van der Waals surface area (Å²) in [4.78, 5) is 0. The van der Waals surface area contributed by atoms with Crippen LogP contribution < -0.4 is 14.8 Å². The number of methoxy groups -OCH3 is 1. The summed E-state index contributed by atoms with van der Waals surface area (Å²) in [5.74, 6) is 4.15. The normalized spacial score (nSPS) is 33.9. The molecule has 24 heavy (non-hydrogen) atoms. The van der Waals surface area contributed by atoms with E-state index in [0.717, 1.165) is 35.8 Å². The maximum absolute atomic E-state index is 12.4. The Labute approximate surface area is 141 Å². The van der Waals surface area contributed by atoms with Gasteiger partial charge in [0.1, 0.15) is 0 Å². The largest absolute Gasteiger partial charge is 0.493 e. The van der Waals surface area contributed by atoms with Crippen molar-refractivity contribution in [2.75, 3.05) is 7.11 Å². The summed E-state index contributed by atoms with van der Waals surface area (Å²) < 4.78 is 34.4. The van der Waals surface area contributed by atoms with Crippen LogP contribution in [0.2, 0.25) is 0 Å². The van der Waals surface area contributed by atoms with E-state index >= 15 is 0 Å². The van der Waals surface area contributed by atoms with Crippen molar-refractivity contribution in [3.63, 3.8) is 0 Å². The van der Waals surface area contributed by atoms with E-state index in [0.29, 0.717) is 11.8 Å². The van der Waals surface area contributed by atoms with Gasteiger partial charge in [-0.15, -0.1) is 0 Å². The Balaban J connectivity index is 1.38. The molecule has 3 fully saturated rings. The second-order valence-corrected chi connectivity index (χ2v) is 7.51. The maximum atomic E-state index is 12.4. The minimum absolute atomic E-state index is 0.0879. The smallest absolute Gasteiger partial charge is 0.387 e. The van der Waals surface area contributed by atoms with Gasteiger partial charge in [0.2, 0.25) is 0 Å². The number of benzene rings is 1. The molecule has 3 nitrogen and oxygen atoms in total. The van der Waals surface area contributed by atoms with Crippen LogP contribution in [0, 0.1) is 23.7 Å². The molecule has 0 unspecified atom stereocenters. The number of halogens is 2. The molecule has 1 aromatic carbocycles. The summed E-state index contributed by atoms with van der Waals surface area (Å²) in [5, 5.41) is 3.71. The van der Waals surface area contributed by atoms with Crippen LogP contribution in [-0.2, 0) is 6.54 Å². The zero-order valence-electron chi connectivity index (χ0n) is 14.0. The average Bonchev–Trinajstić information content (AvgIpc) is 3.26. The third-order valence-corrected chi connectivity index (χ3v) is 6.44. The van der Waals surface area contributed by atoms with Crippen LogP contribution in [0.25, 0.3) is 0 Å². The van der Waals surface area contributed by atoms with Crippen LogP contribution in [0.4, 0.5) is 8.78 Å². The van der Waals surface area contributed by atoms with Crippen molar-refractivity contribution < 1.29 is 18.3 Å². The lowest BCUT2D eigenvalue weighted by molar-refractivity contribution is -0.0512. The zero-order valence-corrected chi connectivity index (χ0v) is 14.0. The highest BCUT2D eigenvalue weighted by Crippen LogP contribution is 2.58. The molecule has 1 N–H and O–H groups in total. The van der Waals surface area contributed by atoms with Crippen molar-refractivity contribution in [2.45, 2.75) is 51.3 Å². The Morgan fingerprint density at radius 2 is 1.96 bits per heavy atom. The van der Waals surface area contributed by atoms with Crippen molar-refractivity contribution in [3.8, 4) is 11.5 Å². The number of fused-ring (bicyclic) bond motifs is 5. The van der Waals surface area contributed by atoms with Crippen LogP contribution >= 0.6 is 0 Å². The van der Waals surface area contributed by atoms with Gasteiger partial charge in [0.05, 0.1) is 7.11 Å². The van der Waals surface area contributed by atoms with Gasteiger partial charge in [-0.1, -0.05) is 12.5 Å². The third-order valence-electron chi connectivity index (χ3n) is 6.44. The van der Waals surface area contributed by atoms with E-state index < -0.39 is 6.61 Å². The molecule has 0 amide bonds. The van der Waals surface area contributed by atoms with Crippen LogP contribution in [0.5, 0.6) is 11.5 Å². The lowest BCUT2D eigenvalue weighted by Gasteiger charge is -2.32. The predicted octanol–water partition coefficient (Wildman–Crippen LogP) is 4.21. The minimum Gasteiger partial charge on any atom is -0.493 e. The lowest BCUT2D eigenvalue weighted by Crippen LogP contribution is -2.38. The lowest BCUT2D eigenvalue weighted by atomic mass is 9.79. The van der Waals surface area contributed by atoms with E-state index in [1.165, 1.54) is 39.2 Å². The monoisotopic (exact) mass is 337 g/mol. The van der Waals surface area contributed by atoms with Gasteiger partial charge in [-0.2, -0.15) is 8.78 Å². The van der Waals surface area contributed by atoms with Crippen molar-refractivity contribution in [1.82, 2.24) is 5.32 Å². The third kappa shape index (κ3) is 2.87. The average molecular weight is 337 g/mol. The van der Waals surface area contributed by atoms with E-state index in [4.69, 9.17) is 4.74 Å². The fraction of sp³-hybridized carbons (Fsp3) is 0.684. The molecule has 0 saturated heterocycles. The first-order valence-electron chi connectivity index (χ1n) is 9.01. The second-order valence-electron chi connectivity index (χ2n) is 7.51. The molecule has 132 valence electrons. The van der Waals surface area contributed by atoms with Crippen molar-refractivity contribution in [2.24, 2.45) is 23.7 Å². The van der Waals surface area contributed by atoms with E-state index in [1.54, 1.807) is 12.1 Å². The Morgan fingerprint density at radius 3 is 2.75 bits per heavy atom. The fourth-order valence-corrected chi connectivity index (χ4v) is 5.57. The molecule has 0 radical (unpaired) electrons. The first-order valence-corrected chi connectivity index (χ1v) is 9.01. The van der Waals surface area contributed by atoms with E-state index in [2.05, 4.69) is 10.1 Å². The van der Waals surface area contributed by atoms with Crippen LogP contribution in [-0.4, -0.2) is 19.8 Å². The van der Waals surface area contributed by atoms with Crippen molar-refractivity contribution in [1.29, 1.82) is 0 Å². The molecular formula is C19H25F2NO2. The quantitative estimate of drug-likeness (QED) is 0.843. The first kappa shape index (κ1) is 16.1. The molecule has 0 aromatic heterocycles. The molecule has 3 aliphatic carbocycles. The number of nitrogens with one attached hydrogen (secondary N) is 1. The maximum Gasteiger partial charge on any atom is 0.387 e. The van der Waals surface area contributed by atoms with Gasteiger partial charge in [0.25, 0.3) is 0 Å². The Bertz CT molecular complexity index is 595. The highest BCUT2D eigenvalue weighted by Gasteiger charge is 2.53. The van der Waals surface area contributed by atoms with E-state index in [1.807, 2.05) is 6.07 Å². The summed E-state index contributed by atoms with van der Waals surface area (Å²) >= 11 is 0. The molecule has 3 aliphatic rings. The predicted molar refractivity (Wildman–Crippen MR) is 87.3 cm³/mol. The van der Waals surface area contributed by atoms with Gasteiger partial charge in [-0.05, 0) is 67.1 Å². The van der Waals surface area contributed by atoms with Gasteiger partial charge < -0.3 is 14.8 Å². The van der Waals surface area contributed by atoms with Gasteiger partial charge >= 0.3 is 6.61 Å². The summed E-state index contributed by atoms with van der Waals surface area (Å²) in [6.07, 6.45) is 6.98. The van der Waals surface area contributed by atoms with E-state index in [-0.39, 0.29) is 5.75 Å². The fourth-order valence-electron chi connectivity index (χ4n) is 5.57. The molecule has 5 atom stereocenters. The van der Waals surface area contributed by atoms with E-state index in [9.17, 15) is 8.78 Å². The van der Waals surface area contributed by atoms with Crippen LogP contribution in [0.15, 0.2) is 18.2 Å². The molecular weight excluding hydrogens is 312 g/mol. The first-order chi connectivity index (χ1) is 11.7. The zero-order chi connectivity index (χ0) is 16.7. The van der Waals surface area contributed by atoms with Gasteiger partial charge in [0.15, 0.2) is 11.5 Å².